The number of carbonyl (C=O) groups is 1. The van der Waals surface area contributed by atoms with Crippen LogP contribution in [-0.4, -0.2) is 44.2 Å². The van der Waals surface area contributed by atoms with Gasteiger partial charge in [0.25, 0.3) is 0 Å². The number of hydrogen-bond donors (Lipinski definition) is 1. The van der Waals surface area contributed by atoms with Crippen molar-refractivity contribution in [2.24, 2.45) is 0 Å². The van der Waals surface area contributed by atoms with Crippen LogP contribution in [0.5, 0.6) is 0 Å². The predicted octanol–water partition coefficient (Wildman–Crippen LogP) is 3.48. The molecule has 2 aromatic carbocycles. The van der Waals surface area contributed by atoms with Crippen LogP contribution in [0.25, 0.3) is 0 Å². The number of methoxy groups -OCH3 is 1. The fraction of sp³-hybridized carbons (Fsp3) is 0.409. The van der Waals surface area contributed by atoms with Crippen LogP contribution in [0, 0.1) is 13.8 Å². The molecule has 0 spiro atoms. The van der Waals surface area contributed by atoms with E-state index in [1.165, 1.54) is 16.8 Å². The molecule has 144 valence electrons. The summed E-state index contributed by atoms with van der Waals surface area (Å²) in [6, 6.07) is 14.5. The average molecular weight is 367 g/mol. The molecule has 0 aliphatic carbocycles. The minimum Gasteiger partial charge on any atom is -0.380 e. The number of nitrogens with zero attached hydrogens (tertiary/aromatic N) is 2. The Morgan fingerprint density at radius 3 is 2.41 bits per heavy atom. The summed E-state index contributed by atoms with van der Waals surface area (Å²) in [4.78, 5) is 16.8. The zero-order valence-electron chi connectivity index (χ0n) is 16.5. The van der Waals surface area contributed by atoms with Gasteiger partial charge in [-0.15, -0.1) is 0 Å². The fourth-order valence-corrected chi connectivity index (χ4v) is 3.54. The van der Waals surface area contributed by atoms with Gasteiger partial charge in [0.15, 0.2) is 0 Å². The van der Waals surface area contributed by atoms with E-state index in [4.69, 9.17) is 4.74 Å². The van der Waals surface area contributed by atoms with Crippen molar-refractivity contribution in [3.8, 4) is 0 Å². The molecular weight excluding hydrogens is 338 g/mol. The molecule has 27 heavy (non-hydrogen) atoms. The van der Waals surface area contributed by atoms with Gasteiger partial charge < -0.3 is 19.9 Å². The van der Waals surface area contributed by atoms with Crippen molar-refractivity contribution < 1.29 is 9.53 Å². The lowest BCUT2D eigenvalue weighted by Gasteiger charge is -2.37. The van der Waals surface area contributed by atoms with E-state index < -0.39 is 0 Å². The molecule has 2 aromatic rings. The first-order chi connectivity index (χ1) is 13.1. The summed E-state index contributed by atoms with van der Waals surface area (Å²) in [5.74, 6) is 0. The number of urea groups is 1. The minimum absolute atomic E-state index is 0.00262. The summed E-state index contributed by atoms with van der Waals surface area (Å²) in [6.07, 6.45) is 0. The van der Waals surface area contributed by atoms with Crippen LogP contribution in [0.2, 0.25) is 0 Å². The molecule has 2 amide bonds. The lowest BCUT2D eigenvalue weighted by molar-refractivity contribution is 0.183. The molecular formula is C22H29N3O2. The van der Waals surface area contributed by atoms with Gasteiger partial charge in [0.1, 0.15) is 0 Å². The largest absolute Gasteiger partial charge is 0.380 e. The molecule has 1 heterocycles. The zero-order valence-corrected chi connectivity index (χ0v) is 16.5. The average Bonchev–Trinajstić information content (AvgIpc) is 2.69. The van der Waals surface area contributed by atoms with Crippen molar-refractivity contribution in [3.63, 3.8) is 0 Å². The van der Waals surface area contributed by atoms with Crippen molar-refractivity contribution in [2.75, 3.05) is 38.2 Å². The van der Waals surface area contributed by atoms with Crippen LogP contribution in [0.1, 0.15) is 22.3 Å². The molecule has 0 saturated carbocycles. The molecule has 0 radical (unpaired) electrons. The normalized spacial score (nSPS) is 14.3. The lowest BCUT2D eigenvalue weighted by Crippen LogP contribution is -2.51. The smallest absolute Gasteiger partial charge is 0.317 e. The van der Waals surface area contributed by atoms with Gasteiger partial charge in [-0.3, -0.25) is 0 Å². The second-order valence-electron chi connectivity index (χ2n) is 7.05. The quantitative estimate of drug-likeness (QED) is 0.880. The van der Waals surface area contributed by atoms with E-state index in [2.05, 4.69) is 42.3 Å². The Labute approximate surface area is 161 Å². The maximum absolute atomic E-state index is 12.6. The van der Waals surface area contributed by atoms with Gasteiger partial charge >= 0.3 is 6.03 Å². The second-order valence-corrected chi connectivity index (χ2v) is 7.05. The van der Waals surface area contributed by atoms with E-state index in [9.17, 15) is 4.79 Å². The standard InChI is InChI=1S/C22H29N3O2/c1-17-7-6-10-21(18(17)2)24-11-13-25(14-12-24)22(26)23-15-19-8-4-5-9-20(19)16-27-3/h4-10H,11-16H2,1-3H3,(H,23,26). The highest BCUT2D eigenvalue weighted by Gasteiger charge is 2.22. The number of nitrogens with one attached hydrogen (secondary N) is 1. The van der Waals surface area contributed by atoms with Crippen LogP contribution in [-0.2, 0) is 17.9 Å². The van der Waals surface area contributed by atoms with Crippen LogP contribution < -0.4 is 10.2 Å². The van der Waals surface area contributed by atoms with Gasteiger partial charge in [0.05, 0.1) is 6.61 Å². The van der Waals surface area contributed by atoms with E-state index in [-0.39, 0.29) is 6.03 Å². The van der Waals surface area contributed by atoms with E-state index in [1.807, 2.05) is 29.2 Å². The molecule has 0 unspecified atom stereocenters. The molecule has 0 bridgehead atoms. The number of piperazine rings is 1. The SMILES string of the molecule is COCc1ccccc1CNC(=O)N1CCN(c2cccc(C)c2C)CC1. The maximum Gasteiger partial charge on any atom is 0.317 e. The number of benzene rings is 2. The van der Waals surface area contributed by atoms with Gasteiger partial charge in [0.2, 0.25) is 0 Å². The molecule has 0 atom stereocenters. The number of rotatable bonds is 5. The molecule has 1 fully saturated rings. The lowest BCUT2D eigenvalue weighted by atomic mass is 10.1. The van der Waals surface area contributed by atoms with Gasteiger partial charge in [-0.1, -0.05) is 36.4 Å². The highest BCUT2D eigenvalue weighted by atomic mass is 16.5. The molecule has 0 aromatic heterocycles. The van der Waals surface area contributed by atoms with Gasteiger partial charge in [-0.25, -0.2) is 4.79 Å². The highest BCUT2D eigenvalue weighted by molar-refractivity contribution is 5.74. The van der Waals surface area contributed by atoms with E-state index >= 15 is 0 Å². The van der Waals surface area contributed by atoms with Gasteiger partial charge in [-0.05, 0) is 42.2 Å². The fourth-order valence-electron chi connectivity index (χ4n) is 3.54. The van der Waals surface area contributed by atoms with Crippen molar-refractivity contribution in [1.29, 1.82) is 0 Å². The molecule has 1 aliphatic heterocycles. The molecule has 1 aliphatic rings. The van der Waals surface area contributed by atoms with Crippen LogP contribution in [0.4, 0.5) is 10.5 Å². The summed E-state index contributed by atoms with van der Waals surface area (Å²) in [7, 11) is 1.69. The molecule has 3 rings (SSSR count). The van der Waals surface area contributed by atoms with Gasteiger partial charge in [0, 0.05) is 45.5 Å². The monoisotopic (exact) mass is 367 g/mol. The highest BCUT2D eigenvalue weighted by Crippen LogP contribution is 2.23. The van der Waals surface area contributed by atoms with Crippen molar-refractivity contribution in [1.82, 2.24) is 10.2 Å². The summed E-state index contributed by atoms with van der Waals surface area (Å²) >= 11 is 0. The van der Waals surface area contributed by atoms with E-state index in [1.54, 1.807) is 7.11 Å². The Morgan fingerprint density at radius 1 is 1.00 bits per heavy atom. The van der Waals surface area contributed by atoms with Gasteiger partial charge in [-0.2, -0.15) is 0 Å². The first kappa shape index (κ1) is 19.2. The number of hydrogen-bond acceptors (Lipinski definition) is 3. The van der Waals surface area contributed by atoms with Crippen molar-refractivity contribution >= 4 is 11.7 Å². The second kappa shape index (κ2) is 8.91. The number of ether oxygens (including phenoxy) is 1. The Balaban J connectivity index is 1.54. The third-order valence-corrected chi connectivity index (χ3v) is 5.33. The Kier molecular flexibility index (Phi) is 6.35. The van der Waals surface area contributed by atoms with Crippen molar-refractivity contribution in [2.45, 2.75) is 27.0 Å². The number of carbonyl (C=O) groups excluding carboxylic acids is 1. The van der Waals surface area contributed by atoms with E-state index in [0.29, 0.717) is 13.2 Å². The molecule has 1 N–H and O–H groups in total. The summed E-state index contributed by atoms with van der Waals surface area (Å²) < 4.78 is 5.23. The maximum atomic E-state index is 12.6. The third kappa shape index (κ3) is 4.61. The number of amides is 2. The molecule has 5 heteroatoms. The zero-order chi connectivity index (χ0) is 19.2. The van der Waals surface area contributed by atoms with Crippen LogP contribution in [0.15, 0.2) is 42.5 Å². The molecule has 1 saturated heterocycles. The minimum atomic E-state index is 0.00262. The Morgan fingerprint density at radius 2 is 1.70 bits per heavy atom. The van der Waals surface area contributed by atoms with E-state index in [0.717, 1.165) is 37.3 Å². The van der Waals surface area contributed by atoms with Crippen molar-refractivity contribution in [3.05, 3.63) is 64.7 Å². The third-order valence-electron chi connectivity index (χ3n) is 5.33. The summed E-state index contributed by atoms with van der Waals surface area (Å²) in [5.41, 5.74) is 6.12. The summed E-state index contributed by atoms with van der Waals surface area (Å²) in [5, 5.41) is 3.06. The Hall–Kier alpha value is -2.53. The number of aryl methyl sites for hydroxylation is 1. The van der Waals surface area contributed by atoms with Crippen LogP contribution in [0.3, 0.4) is 0 Å². The summed E-state index contributed by atoms with van der Waals surface area (Å²) in [6.45, 7) is 8.58. The van der Waals surface area contributed by atoms with Crippen LogP contribution >= 0.6 is 0 Å². The molecule has 5 nitrogen and oxygen atoms in total. The first-order valence-corrected chi connectivity index (χ1v) is 9.50. The first-order valence-electron chi connectivity index (χ1n) is 9.50. The number of anilines is 1. The topological polar surface area (TPSA) is 44.8 Å². The predicted molar refractivity (Wildman–Crippen MR) is 109 cm³/mol. The Bertz CT molecular complexity index is 783.